The Labute approximate surface area is 105 Å². The number of nitrogens with one attached hydrogen (secondary N) is 1. The minimum absolute atomic E-state index is 0.0151. The van der Waals surface area contributed by atoms with Crippen LogP contribution in [-0.4, -0.2) is 30.3 Å². The number of methoxy groups -OCH3 is 1. The molecule has 0 saturated heterocycles. The first-order chi connectivity index (χ1) is 8.19. The molecule has 1 aliphatic carbocycles. The molecule has 1 saturated carbocycles. The van der Waals surface area contributed by atoms with E-state index in [1.165, 1.54) is 11.3 Å². The summed E-state index contributed by atoms with van der Waals surface area (Å²) in [5.41, 5.74) is -0.408. The second-order valence-electron chi connectivity index (χ2n) is 4.45. The molecule has 1 aliphatic rings. The standard InChI is InChI=1S/C12H17NO3S/c1-16-9-6-10(17-7-9)11(15)13-12(8-14)4-2-3-5-12/h6-7,14H,2-5,8H2,1H3,(H,13,15). The SMILES string of the molecule is COc1csc(C(=O)NC2(CO)CCCC2)c1. The fraction of sp³-hybridized carbons (Fsp3) is 0.583. The van der Waals surface area contributed by atoms with Crippen molar-refractivity contribution in [1.82, 2.24) is 5.32 Å². The third-order valence-electron chi connectivity index (χ3n) is 3.28. The van der Waals surface area contributed by atoms with Crippen molar-refractivity contribution < 1.29 is 14.6 Å². The summed E-state index contributed by atoms with van der Waals surface area (Å²) >= 11 is 1.36. The molecule has 0 bridgehead atoms. The zero-order valence-electron chi connectivity index (χ0n) is 9.86. The van der Waals surface area contributed by atoms with Gasteiger partial charge in [-0.2, -0.15) is 0 Å². The lowest BCUT2D eigenvalue weighted by molar-refractivity contribution is 0.0842. The molecular weight excluding hydrogens is 238 g/mol. The van der Waals surface area contributed by atoms with Crippen LogP contribution in [0.3, 0.4) is 0 Å². The van der Waals surface area contributed by atoms with Crippen LogP contribution >= 0.6 is 11.3 Å². The van der Waals surface area contributed by atoms with Gasteiger partial charge in [-0.05, 0) is 12.8 Å². The summed E-state index contributed by atoms with van der Waals surface area (Å²) in [6.07, 6.45) is 3.85. The normalized spacial score (nSPS) is 18.0. The van der Waals surface area contributed by atoms with Crippen LogP contribution in [0.1, 0.15) is 35.4 Å². The minimum Gasteiger partial charge on any atom is -0.496 e. The van der Waals surface area contributed by atoms with E-state index >= 15 is 0 Å². The third-order valence-corrected chi connectivity index (χ3v) is 4.18. The highest BCUT2D eigenvalue weighted by Crippen LogP contribution is 2.30. The van der Waals surface area contributed by atoms with E-state index in [0.717, 1.165) is 25.7 Å². The number of carbonyl (C=O) groups is 1. The lowest BCUT2D eigenvalue weighted by Gasteiger charge is -2.27. The Balaban J connectivity index is 2.05. The Bertz CT molecular complexity index is 396. The van der Waals surface area contributed by atoms with Crippen LogP contribution in [0.5, 0.6) is 5.75 Å². The number of aliphatic hydroxyl groups is 1. The first-order valence-corrected chi connectivity index (χ1v) is 6.63. The Hall–Kier alpha value is -1.07. The molecule has 0 aromatic carbocycles. The zero-order valence-corrected chi connectivity index (χ0v) is 10.7. The Morgan fingerprint density at radius 1 is 1.59 bits per heavy atom. The van der Waals surface area contributed by atoms with Crippen LogP contribution < -0.4 is 10.1 Å². The van der Waals surface area contributed by atoms with Crippen LogP contribution in [-0.2, 0) is 0 Å². The second-order valence-corrected chi connectivity index (χ2v) is 5.36. The van der Waals surface area contributed by atoms with Crippen LogP contribution in [0.4, 0.5) is 0 Å². The van der Waals surface area contributed by atoms with Gasteiger partial charge in [-0.25, -0.2) is 0 Å². The number of carbonyl (C=O) groups excluding carboxylic acids is 1. The summed E-state index contributed by atoms with van der Waals surface area (Å²) in [7, 11) is 1.58. The monoisotopic (exact) mass is 255 g/mol. The molecule has 1 aromatic rings. The molecule has 1 heterocycles. The molecule has 0 atom stereocenters. The average molecular weight is 255 g/mol. The third kappa shape index (κ3) is 2.61. The van der Waals surface area contributed by atoms with Crippen molar-refractivity contribution >= 4 is 17.2 Å². The summed E-state index contributed by atoms with van der Waals surface area (Å²) in [5.74, 6) is 0.582. The number of ether oxygens (including phenoxy) is 1. The zero-order chi connectivity index (χ0) is 12.3. The molecule has 4 nitrogen and oxygen atoms in total. The van der Waals surface area contributed by atoms with E-state index in [1.807, 2.05) is 0 Å². The van der Waals surface area contributed by atoms with E-state index in [-0.39, 0.29) is 12.5 Å². The molecule has 17 heavy (non-hydrogen) atoms. The van der Waals surface area contributed by atoms with Gasteiger partial charge in [0.05, 0.1) is 24.1 Å². The lowest BCUT2D eigenvalue weighted by Crippen LogP contribution is -2.49. The summed E-state index contributed by atoms with van der Waals surface area (Å²) in [5, 5.41) is 14.2. The van der Waals surface area contributed by atoms with E-state index in [9.17, 15) is 9.90 Å². The van der Waals surface area contributed by atoms with Gasteiger partial charge in [-0.3, -0.25) is 4.79 Å². The quantitative estimate of drug-likeness (QED) is 0.862. The first-order valence-electron chi connectivity index (χ1n) is 5.75. The van der Waals surface area contributed by atoms with Crippen LogP contribution in [0.2, 0.25) is 0 Å². The van der Waals surface area contributed by atoms with Gasteiger partial charge in [-0.1, -0.05) is 12.8 Å². The van der Waals surface area contributed by atoms with Crippen molar-refractivity contribution in [2.75, 3.05) is 13.7 Å². The molecule has 1 aromatic heterocycles. The molecule has 94 valence electrons. The van der Waals surface area contributed by atoms with Gasteiger partial charge in [0.25, 0.3) is 5.91 Å². The first kappa shape index (κ1) is 12.4. The van der Waals surface area contributed by atoms with Gasteiger partial charge in [0.1, 0.15) is 5.75 Å². The fourth-order valence-corrected chi connectivity index (χ4v) is 2.97. The molecule has 1 fully saturated rings. The number of hydrogen-bond donors (Lipinski definition) is 2. The van der Waals surface area contributed by atoms with Crippen LogP contribution in [0.25, 0.3) is 0 Å². The highest BCUT2D eigenvalue weighted by Gasteiger charge is 2.35. The Morgan fingerprint density at radius 2 is 2.29 bits per heavy atom. The molecule has 2 N–H and O–H groups in total. The smallest absolute Gasteiger partial charge is 0.261 e. The van der Waals surface area contributed by atoms with Gasteiger partial charge < -0.3 is 15.2 Å². The maximum absolute atomic E-state index is 12.0. The lowest BCUT2D eigenvalue weighted by atomic mass is 9.99. The van der Waals surface area contributed by atoms with E-state index in [0.29, 0.717) is 10.6 Å². The molecular formula is C12H17NO3S. The van der Waals surface area contributed by atoms with Crippen LogP contribution in [0, 0.1) is 0 Å². The second kappa shape index (κ2) is 5.06. The van der Waals surface area contributed by atoms with Gasteiger partial charge >= 0.3 is 0 Å². The number of aliphatic hydroxyl groups excluding tert-OH is 1. The molecule has 0 unspecified atom stereocenters. The summed E-state index contributed by atoms with van der Waals surface area (Å²) < 4.78 is 5.05. The number of rotatable bonds is 4. The number of thiophene rings is 1. The highest BCUT2D eigenvalue weighted by molar-refractivity contribution is 7.12. The van der Waals surface area contributed by atoms with E-state index < -0.39 is 5.54 Å². The molecule has 0 radical (unpaired) electrons. The number of hydrogen-bond acceptors (Lipinski definition) is 4. The molecule has 2 rings (SSSR count). The molecule has 5 heteroatoms. The molecule has 1 amide bonds. The van der Waals surface area contributed by atoms with E-state index in [1.54, 1.807) is 18.6 Å². The number of amides is 1. The van der Waals surface area contributed by atoms with Crippen molar-refractivity contribution in [3.8, 4) is 5.75 Å². The van der Waals surface area contributed by atoms with Gasteiger partial charge in [0.15, 0.2) is 0 Å². The largest absolute Gasteiger partial charge is 0.496 e. The molecule has 0 aliphatic heterocycles. The topological polar surface area (TPSA) is 58.6 Å². The molecule has 0 spiro atoms. The maximum Gasteiger partial charge on any atom is 0.261 e. The van der Waals surface area contributed by atoms with Crippen molar-refractivity contribution in [3.63, 3.8) is 0 Å². The van der Waals surface area contributed by atoms with E-state index in [2.05, 4.69) is 5.32 Å². The Kier molecular flexibility index (Phi) is 3.69. The van der Waals surface area contributed by atoms with Crippen molar-refractivity contribution in [2.45, 2.75) is 31.2 Å². The highest BCUT2D eigenvalue weighted by atomic mass is 32.1. The van der Waals surface area contributed by atoms with Gasteiger partial charge in [0.2, 0.25) is 0 Å². The predicted octanol–water partition coefficient (Wildman–Crippen LogP) is 1.79. The van der Waals surface area contributed by atoms with E-state index in [4.69, 9.17) is 4.74 Å². The average Bonchev–Trinajstić information content (AvgIpc) is 2.97. The maximum atomic E-state index is 12.0. The minimum atomic E-state index is -0.408. The Morgan fingerprint density at radius 3 is 2.82 bits per heavy atom. The predicted molar refractivity (Wildman–Crippen MR) is 66.6 cm³/mol. The van der Waals surface area contributed by atoms with Gasteiger partial charge in [0, 0.05) is 11.4 Å². The summed E-state index contributed by atoms with van der Waals surface area (Å²) in [4.78, 5) is 12.7. The summed E-state index contributed by atoms with van der Waals surface area (Å²) in [6, 6.07) is 1.72. The van der Waals surface area contributed by atoms with Crippen molar-refractivity contribution in [3.05, 3.63) is 16.3 Å². The van der Waals surface area contributed by atoms with Crippen LogP contribution in [0.15, 0.2) is 11.4 Å². The van der Waals surface area contributed by atoms with Gasteiger partial charge in [-0.15, -0.1) is 11.3 Å². The fourth-order valence-electron chi connectivity index (χ4n) is 2.22. The van der Waals surface area contributed by atoms with Crippen molar-refractivity contribution in [2.24, 2.45) is 0 Å². The van der Waals surface area contributed by atoms with Crippen molar-refractivity contribution in [1.29, 1.82) is 0 Å². The summed E-state index contributed by atoms with van der Waals surface area (Å²) in [6.45, 7) is 0.0151.